The third kappa shape index (κ3) is 2.71. The zero-order valence-corrected chi connectivity index (χ0v) is 15.3. The summed E-state index contributed by atoms with van der Waals surface area (Å²) in [6.07, 6.45) is 0. The lowest BCUT2D eigenvalue weighted by molar-refractivity contribution is 0.174. The molecule has 0 saturated heterocycles. The number of nitrogens with one attached hydrogen (secondary N) is 3. The molecule has 0 unspecified atom stereocenters. The lowest BCUT2D eigenvalue weighted by atomic mass is 10.2. The fourth-order valence-electron chi connectivity index (χ4n) is 3.25. The summed E-state index contributed by atoms with van der Waals surface area (Å²) in [7, 11) is 0. The van der Waals surface area contributed by atoms with Crippen LogP contribution in [0.1, 0.15) is 5.56 Å². The Kier molecular flexibility index (Phi) is 3.63. The Hall–Kier alpha value is -4.14. The topological polar surface area (TPSA) is 126 Å². The van der Waals surface area contributed by atoms with Crippen LogP contribution in [0.2, 0.25) is 0 Å². The van der Waals surface area contributed by atoms with Crippen LogP contribution in [0.3, 0.4) is 0 Å². The van der Waals surface area contributed by atoms with Crippen LogP contribution in [0.5, 0.6) is 11.5 Å². The predicted octanol–water partition coefficient (Wildman–Crippen LogP) is 1.59. The van der Waals surface area contributed by atoms with E-state index in [4.69, 9.17) is 14.9 Å². The molecule has 3 heterocycles. The van der Waals surface area contributed by atoms with E-state index in [2.05, 4.69) is 15.0 Å². The molecule has 0 saturated carbocycles. The molecule has 2 aromatic heterocycles. The van der Waals surface area contributed by atoms with E-state index in [1.54, 1.807) is 30.3 Å². The normalized spacial score (nSPS) is 12.4. The molecule has 2 aromatic carbocycles. The molecule has 9 heteroatoms. The highest BCUT2D eigenvalue weighted by Gasteiger charge is 2.17. The molecule has 144 valence electrons. The minimum atomic E-state index is -0.588. The van der Waals surface area contributed by atoms with E-state index in [0.29, 0.717) is 22.7 Å². The number of aromatic amines is 2. The molecule has 3 N–H and O–H groups in total. The van der Waals surface area contributed by atoms with E-state index in [1.807, 2.05) is 19.1 Å². The van der Waals surface area contributed by atoms with Crippen molar-refractivity contribution in [2.45, 2.75) is 6.92 Å². The van der Waals surface area contributed by atoms with Gasteiger partial charge in [-0.25, -0.2) is 14.3 Å². The van der Waals surface area contributed by atoms with Crippen LogP contribution >= 0.6 is 0 Å². The van der Waals surface area contributed by atoms with Crippen molar-refractivity contribution in [3.63, 3.8) is 0 Å². The SMILES string of the molecule is Cc1ccc(-n2c(=O)[nH]c3c(=O)[nH]c(-c4ccc5c(c4)OCO5)nc3c2=N)cc1. The molecule has 29 heavy (non-hydrogen) atoms. The minimum absolute atomic E-state index is 0.0483. The summed E-state index contributed by atoms with van der Waals surface area (Å²) in [6.45, 7) is 2.06. The lowest BCUT2D eigenvalue weighted by Gasteiger charge is -2.09. The van der Waals surface area contributed by atoms with Gasteiger partial charge in [0.25, 0.3) is 5.56 Å². The smallest absolute Gasteiger partial charge is 0.332 e. The molecule has 1 aliphatic heterocycles. The average molecular weight is 389 g/mol. The number of nitrogens with zero attached hydrogens (tertiary/aromatic N) is 2. The minimum Gasteiger partial charge on any atom is -0.454 e. The summed E-state index contributed by atoms with van der Waals surface area (Å²) in [5.41, 5.74) is 0.864. The largest absolute Gasteiger partial charge is 0.454 e. The second-order valence-corrected chi connectivity index (χ2v) is 6.66. The number of H-pyrrole nitrogens is 2. The van der Waals surface area contributed by atoms with Gasteiger partial charge in [-0.15, -0.1) is 0 Å². The zero-order chi connectivity index (χ0) is 20.1. The van der Waals surface area contributed by atoms with E-state index in [-0.39, 0.29) is 29.1 Å². The van der Waals surface area contributed by atoms with Gasteiger partial charge in [-0.05, 0) is 37.3 Å². The molecular formula is C20H15N5O4. The van der Waals surface area contributed by atoms with Crippen LogP contribution < -0.4 is 26.2 Å². The summed E-state index contributed by atoms with van der Waals surface area (Å²) < 4.78 is 11.9. The number of hydrogen-bond donors (Lipinski definition) is 3. The number of fused-ring (bicyclic) bond motifs is 2. The van der Waals surface area contributed by atoms with Crippen LogP contribution in [0, 0.1) is 12.3 Å². The molecule has 0 spiro atoms. The first kappa shape index (κ1) is 17.0. The van der Waals surface area contributed by atoms with Gasteiger partial charge in [0.15, 0.2) is 17.0 Å². The highest BCUT2D eigenvalue weighted by Crippen LogP contribution is 2.34. The fourth-order valence-corrected chi connectivity index (χ4v) is 3.25. The second kappa shape index (κ2) is 6.20. The van der Waals surface area contributed by atoms with Crippen molar-refractivity contribution in [2.75, 3.05) is 6.79 Å². The number of ether oxygens (including phenoxy) is 2. The van der Waals surface area contributed by atoms with Crippen molar-refractivity contribution in [1.82, 2.24) is 19.5 Å². The average Bonchev–Trinajstić information content (AvgIpc) is 3.18. The van der Waals surface area contributed by atoms with Crippen LogP contribution in [-0.2, 0) is 0 Å². The molecular weight excluding hydrogens is 374 g/mol. The van der Waals surface area contributed by atoms with Gasteiger partial charge in [0, 0.05) is 5.56 Å². The molecule has 0 atom stereocenters. The number of rotatable bonds is 2. The summed E-state index contributed by atoms with van der Waals surface area (Å²) in [4.78, 5) is 34.8. The molecule has 0 radical (unpaired) electrons. The Morgan fingerprint density at radius 3 is 2.59 bits per heavy atom. The Morgan fingerprint density at radius 1 is 1.03 bits per heavy atom. The lowest BCUT2D eigenvalue weighted by Crippen LogP contribution is -2.36. The van der Waals surface area contributed by atoms with Gasteiger partial charge >= 0.3 is 5.69 Å². The summed E-state index contributed by atoms with van der Waals surface area (Å²) in [5, 5.41) is 8.53. The van der Waals surface area contributed by atoms with Gasteiger partial charge in [-0.3, -0.25) is 10.2 Å². The van der Waals surface area contributed by atoms with Gasteiger partial charge in [0.1, 0.15) is 16.9 Å². The molecule has 0 bridgehead atoms. The fraction of sp³-hybridized carbons (Fsp3) is 0.100. The van der Waals surface area contributed by atoms with Gasteiger partial charge in [0.05, 0.1) is 5.69 Å². The Bertz CT molecular complexity index is 1450. The highest BCUT2D eigenvalue weighted by atomic mass is 16.7. The Balaban J connectivity index is 1.76. The van der Waals surface area contributed by atoms with Crippen molar-refractivity contribution in [1.29, 1.82) is 5.41 Å². The highest BCUT2D eigenvalue weighted by molar-refractivity contribution is 5.75. The standard InChI is InChI=1S/C20H15N5O4/c1-10-2-5-12(6-3-10)25-17(21)15-16(23-20(25)27)19(26)24-18(22-15)11-4-7-13-14(8-11)29-9-28-13/h2-8,21H,9H2,1H3,(H,23,27)(H,22,24,26). The Morgan fingerprint density at radius 2 is 1.79 bits per heavy atom. The first-order valence-electron chi connectivity index (χ1n) is 8.82. The van der Waals surface area contributed by atoms with Crippen LogP contribution in [-0.4, -0.2) is 26.3 Å². The third-order valence-corrected chi connectivity index (χ3v) is 4.74. The maximum absolute atomic E-state index is 12.6. The van der Waals surface area contributed by atoms with Gasteiger partial charge < -0.3 is 19.4 Å². The summed E-state index contributed by atoms with van der Waals surface area (Å²) in [6, 6.07) is 12.3. The molecule has 4 aromatic rings. The van der Waals surface area contributed by atoms with Gasteiger partial charge in [-0.1, -0.05) is 17.7 Å². The van der Waals surface area contributed by atoms with Crippen molar-refractivity contribution in [3.8, 4) is 28.6 Å². The maximum atomic E-state index is 12.6. The summed E-state index contributed by atoms with van der Waals surface area (Å²) in [5.74, 6) is 1.42. The first-order valence-corrected chi connectivity index (χ1v) is 8.82. The number of hydrogen-bond acceptors (Lipinski definition) is 6. The molecule has 0 aliphatic carbocycles. The van der Waals surface area contributed by atoms with Crippen molar-refractivity contribution >= 4 is 11.0 Å². The van der Waals surface area contributed by atoms with Crippen molar-refractivity contribution < 1.29 is 9.47 Å². The van der Waals surface area contributed by atoms with E-state index in [1.165, 1.54) is 4.57 Å². The monoisotopic (exact) mass is 389 g/mol. The number of aryl methyl sites for hydroxylation is 1. The van der Waals surface area contributed by atoms with Crippen LogP contribution in [0.15, 0.2) is 52.1 Å². The van der Waals surface area contributed by atoms with Gasteiger partial charge in [0.2, 0.25) is 6.79 Å². The predicted molar refractivity (Wildman–Crippen MR) is 104 cm³/mol. The van der Waals surface area contributed by atoms with E-state index in [9.17, 15) is 9.59 Å². The van der Waals surface area contributed by atoms with Crippen molar-refractivity contribution in [3.05, 3.63) is 74.4 Å². The molecule has 9 nitrogen and oxygen atoms in total. The molecule has 5 rings (SSSR count). The van der Waals surface area contributed by atoms with Crippen LogP contribution in [0.4, 0.5) is 0 Å². The first-order chi connectivity index (χ1) is 14.0. The molecule has 0 amide bonds. The molecule has 1 aliphatic rings. The van der Waals surface area contributed by atoms with E-state index >= 15 is 0 Å². The Labute approximate surface area is 162 Å². The number of benzene rings is 2. The second-order valence-electron chi connectivity index (χ2n) is 6.66. The van der Waals surface area contributed by atoms with E-state index in [0.717, 1.165) is 5.56 Å². The molecule has 0 fully saturated rings. The van der Waals surface area contributed by atoms with Gasteiger partial charge in [-0.2, -0.15) is 0 Å². The number of aromatic nitrogens is 4. The third-order valence-electron chi connectivity index (χ3n) is 4.74. The zero-order valence-electron chi connectivity index (χ0n) is 15.3. The van der Waals surface area contributed by atoms with Crippen molar-refractivity contribution in [2.24, 2.45) is 0 Å². The quantitative estimate of drug-likeness (QED) is 0.480. The maximum Gasteiger partial charge on any atom is 0.332 e. The summed E-state index contributed by atoms with van der Waals surface area (Å²) >= 11 is 0. The van der Waals surface area contributed by atoms with Crippen LogP contribution in [0.25, 0.3) is 28.1 Å². The van der Waals surface area contributed by atoms with E-state index < -0.39 is 11.2 Å².